The molecular formula is C25H36N4O2. The van der Waals surface area contributed by atoms with Crippen LogP contribution in [0.25, 0.3) is 10.8 Å². The Kier molecular flexibility index (Phi) is 6.77. The molecule has 2 aromatic rings. The highest BCUT2D eigenvalue weighted by Crippen LogP contribution is 2.33. The van der Waals surface area contributed by atoms with E-state index in [1.54, 1.807) is 6.20 Å². The third kappa shape index (κ3) is 5.18. The summed E-state index contributed by atoms with van der Waals surface area (Å²) in [6.45, 7) is 8.39. The SMILES string of the molecule is Cc1ccc2cncc(NCC(=O)NC3CN([C@H]4CC[C@H](C(O)C(C)C)CC4)C3)c2c1. The highest BCUT2D eigenvalue weighted by atomic mass is 16.3. The Labute approximate surface area is 185 Å². The Morgan fingerprint density at radius 3 is 2.65 bits per heavy atom. The molecule has 0 spiro atoms. The van der Waals surface area contributed by atoms with E-state index in [0.717, 1.165) is 55.2 Å². The Balaban J connectivity index is 1.20. The molecule has 1 aliphatic carbocycles. The normalized spacial score (nSPS) is 23.5. The Morgan fingerprint density at radius 1 is 1.19 bits per heavy atom. The number of carbonyl (C=O) groups is 1. The molecule has 0 bridgehead atoms. The summed E-state index contributed by atoms with van der Waals surface area (Å²) in [4.78, 5) is 19.2. The summed E-state index contributed by atoms with van der Waals surface area (Å²) < 4.78 is 0. The topological polar surface area (TPSA) is 77.5 Å². The number of nitrogens with one attached hydrogen (secondary N) is 2. The summed E-state index contributed by atoms with van der Waals surface area (Å²) in [7, 11) is 0. The first-order valence-corrected chi connectivity index (χ1v) is 11.7. The fraction of sp³-hybridized carbons (Fsp3) is 0.600. The van der Waals surface area contributed by atoms with Crippen LogP contribution in [-0.2, 0) is 4.79 Å². The van der Waals surface area contributed by atoms with Gasteiger partial charge in [0.25, 0.3) is 0 Å². The average molecular weight is 425 g/mol. The van der Waals surface area contributed by atoms with Crippen molar-refractivity contribution in [2.45, 2.75) is 64.6 Å². The van der Waals surface area contributed by atoms with Crippen LogP contribution in [0.4, 0.5) is 5.69 Å². The van der Waals surface area contributed by atoms with Gasteiger partial charge in [0.2, 0.25) is 5.91 Å². The van der Waals surface area contributed by atoms with Crippen LogP contribution < -0.4 is 10.6 Å². The number of aliphatic hydroxyl groups is 1. The largest absolute Gasteiger partial charge is 0.393 e. The summed E-state index contributed by atoms with van der Waals surface area (Å²) in [5, 5.41) is 18.9. The molecule has 1 amide bonds. The van der Waals surface area contributed by atoms with Gasteiger partial charge in [0.15, 0.2) is 0 Å². The van der Waals surface area contributed by atoms with Gasteiger partial charge in [0.05, 0.1) is 30.6 Å². The third-order valence-corrected chi connectivity index (χ3v) is 7.05. The van der Waals surface area contributed by atoms with Gasteiger partial charge in [0.1, 0.15) is 0 Å². The van der Waals surface area contributed by atoms with Crippen LogP contribution in [0.5, 0.6) is 0 Å². The second-order valence-corrected chi connectivity index (χ2v) is 9.79. The van der Waals surface area contributed by atoms with Crippen molar-refractivity contribution in [3.63, 3.8) is 0 Å². The standard InChI is InChI=1S/C25H36N4O2/c1-16(2)25(31)18-6-8-21(9-7-18)29-14-20(15-29)28-24(30)13-27-23-12-26-11-19-5-4-17(3)10-22(19)23/h4-5,10-12,16,18,20-21,25,27,31H,6-9,13-15H2,1-3H3,(H,28,30)/t18-,21-,25?. The van der Waals surface area contributed by atoms with Crippen molar-refractivity contribution in [2.24, 2.45) is 11.8 Å². The lowest BCUT2D eigenvalue weighted by Crippen LogP contribution is -2.63. The number of carbonyl (C=O) groups excluding carboxylic acids is 1. The summed E-state index contributed by atoms with van der Waals surface area (Å²) in [6.07, 6.45) is 8.00. The van der Waals surface area contributed by atoms with Crippen molar-refractivity contribution < 1.29 is 9.90 Å². The molecule has 1 unspecified atom stereocenters. The van der Waals surface area contributed by atoms with Gasteiger partial charge in [-0.2, -0.15) is 0 Å². The molecule has 0 radical (unpaired) electrons. The number of nitrogens with zero attached hydrogens (tertiary/aromatic N) is 2. The highest BCUT2D eigenvalue weighted by Gasteiger charge is 2.36. The van der Waals surface area contributed by atoms with E-state index in [4.69, 9.17) is 0 Å². The third-order valence-electron chi connectivity index (χ3n) is 7.05. The van der Waals surface area contributed by atoms with Crippen LogP contribution in [-0.4, -0.2) is 58.7 Å². The van der Waals surface area contributed by atoms with Gasteiger partial charge in [0, 0.05) is 36.1 Å². The minimum Gasteiger partial charge on any atom is -0.393 e. The van der Waals surface area contributed by atoms with Crippen LogP contribution in [0.15, 0.2) is 30.6 Å². The number of fused-ring (bicyclic) bond motifs is 1. The monoisotopic (exact) mass is 424 g/mol. The molecule has 1 aromatic heterocycles. The number of likely N-dealkylation sites (tertiary alicyclic amines) is 1. The molecule has 1 saturated heterocycles. The summed E-state index contributed by atoms with van der Waals surface area (Å²) >= 11 is 0. The van der Waals surface area contributed by atoms with Crippen molar-refractivity contribution in [3.05, 3.63) is 36.2 Å². The van der Waals surface area contributed by atoms with Crippen LogP contribution >= 0.6 is 0 Å². The molecule has 3 N–H and O–H groups in total. The van der Waals surface area contributed by atoms with Crippen molar-refractivity contribution >= 4 is 22.4 Å². The predicted molar refractivity (Wildman–Crippen MR) is 125 cm³/mol. The molecule has 2 aliphatic rings. The second kappa shape index (κ2) is 9.53. The number of hydrogen-bond acceptors (Lipinski definition) is 5. The first kappa shape index (κ1) is 22.0. The van der Waals surface area contributed by atoms with Crippen LogP contribution in [0.3, 0.4) is 0 Å². The first-order valence-electron chi connectivity index (χ1n) is 11.7. The minimum absolute atomic E-state index is 0.0260. The number of hydrogen-bond donors (Lipinski definition) is 3. The smallest absolute Gasteiger partial charge is 0.239 e. The fourth-order valence-corrected chi connectivity index (χ4v) is 5.13. The fourth-order valence-electron chi connectivity index (χ4n) is 5.13. The molecule has 6 nitrogen and oxygen atoms in total. The number of amides is 1. The van der Waals surface area contributed by atoms with E-state index in [9.17, 15) is 9.90 Å². The number of aliphatic hydroxyl groups excluding tert-OH is 1. The Bertz CT molecular complexity index is 902. The average Bonchev–Trinajstić information content (AvgIpc) is 2.74. The lowest BCUT2D eigenvalue weighted by atomic mass is 9.78. The molecule has 2 fully saturated rings. The van der Waals surface area contributed by atoms with Crippen molar-refractivity contribution in [3.8, 4) is 0 Å². The molecule has 2 heterocycles. The molecule has 1 saturated carbocycles. The van der Waals surface area contributed by atoms with Crippen LogP contribution in [0, 0.1) is 18.8 Å². The number of rotatable bonds is 7. The first-order chi connectivity index (χ1) is 14.9. The number of anilines is 1. The quantitative estimate of drug-likeness (QED) is 0.636. The molecule has 1 atom stereocenters. The van der Waals surface area contributed by atoms with Gasteiger partial charge < -0.3 is 15.7 Å². The van der Waals surface area contributed by atoms with Gasteiger partial charge >= 0.3 is 0 Å². The van der Waals surface area contributed by atoms with Crippen molar-refractivity contribution in [1.82, 2.24) is 15.2 Å². The van der Waals surface area contributed by atoms with E-state index in [0.29, 0.717) is 17.9 Å². The molecule has 1 aromatic carbocycles. The van der Waals surface area contributed by atoms with Gasteiger partial charge in [-0.1, -0.05) is 31.5 Å². The van der Waals surface area contributed by atoms with Gasteiger partial charge in [-0.15, -0.1) is 0 Å². The molecule has 1 aliphatic heterocycles. The number of pyridine rings is 1. The summed E-state index contributed by atoms with van der Waals surface area (Å²) in [5.41, 5.74) is 2.08. The van der Waals surface area contributed by atoms with Gasteiger partial charge in [-0.3, -0.25) is 14.7 Å². The maximum Gasteiger partial charge on any atom is 0.239 e. The Hall–Kier alpha value is -2.18. The lowest BCUT2D eigenvalue weighted by Gasteiger charge is -2.47. The molecule has 31 heavy (non-hydrogen) atoms. The predicted octanol–water partition coefficient (Wildman–Crippen LogP) is 3.33. The van der Waals surface area contributed by atoms with E-state index in [-0.39, 0.29) is 24.6 Å². The zero-order chi connectivity index (χ0) is 22.0. The summed E-state index contributed by atoms with van der Waals surface area (Å²) in [6, 6.07) is 7.09. The van der Waals surface area contributed by atoms with Crippen LogP contribution in [0.2, 0.25) is 0 Å². The summed E-state index contributed by atoms with van der Waals surface area (Å²) in [5.74, 6) is 0.817. The van der Waals surface area contributed by atoms with E-state index in [1.807, 2.05) is 6.20 Å². The lowest BCUT2D eigenvalue weighted by molar-refractivity contribution is -0.121. The van der Waals surface area contributed by atoms with Crippen molar-refractivity contribution in [1.29, 1.82) is 0 Å². The van der Waals surface area contributed by atoms with E-state index in [2.05, 4.69) is 59.5 Å². The number of aryl methyl sites for hydroxylation is 1. The minimum atomic E-state index is -0.169. The molecule has 168 valence electrons. The van der Waals surface area contributed by atoms with E-state index < -0.39 is 0 Å². The number of aromatic nitrogens is 1. The van der Waals surface area contributed by atoms with Crippen LogP contribution in [0.1, 0.15) is 45.1 Å². The number of benzene rings is 1. The molecule has 4 rings (SSSR count). The molecule has 6 heteroatoms. The zero-order valence-corrected chi connectivity index (χ0v) is 19.0. The van der Waals surface area contributed by atoms with Crippen molar-refractivity contribution in [2.75, 3.05) is 25.0 Å². The van der Waals surface area contributed by atoms with Gasteiger partial charge in [-0.25, -0.2) is 0 Å². The maximum atomic E-state index is 12.4. The zero-order valence-electron chi connectivity index (χ0n) is 19.0. The maximum absolute atomic E-state index is 12.4. The Morgan fingerprint density at radius 2 is 1.94 bits per heavy atom. The van der Waals surface area contributed by atoms with E-state index in [1.165, 1.54) is 5.56 Å². The highest BCUT2D eigenvalue weighted by molar-refractivity contribution is 5.94. The van der Waals surface area contributed by atoms with Gasteiger partial charge in [-0.05, 0) is 50.5 Å². The molecular weight excluding hydrogens is 388 g/mol. The van der Waals surface area contributed by atoms with E-state index >= 15 is 0 Å². The second-order valence-electron chi connectivity index (χ2n) is 9.79.